The molecule has 0 radical (unpaired) electrons. The van der Waals surface area contributed by atoms with E-state index in [1.807, 2.05) is 12.0 Å². The van der Waals surface area contributed by atoms with Crippen molar-refractivity contribution in [1.29, 1.82) is 0 Å². The summed E-state index contributed by atoms with van der Waals surface area (Å²) < 4.78 is 11.4. The van der Waals surface area contributed by atoms with Gasteiger partial charge >= 0.3 is 0 Å². The van der Waals surface area contributed by atoms with E-state index in [0.29, 0.717) is 6.61 Å². The Morgan fingerprint density at radius 2 is 1.67 bits per heavy atom. The minimum Gasteiger partial charge on any atom is -0.329 e. The van der Waals surface area contributed by atoms with Gasteiger partial charge in [0.25, 0.3) is 6.48 Å². The Morgan fingerprint density at radius 3 is 2.19 bits per heavy atom. The average Bonchev–Trinajstić information content (AvgIpc) is 2.58. The predicted octanol–water partition coefficient (Wildman–Crippen LogP) is 3.51. The maximum atomic E-state index is 6.12. The molecule has 2 aliphatic heterocycles. The molecule has 2 atom stereocenters. The molecular formula is C17H25NO3. The normalized spacial score (nSPS) is 31.1. The molecule has 2 unspecified atom stereocenters. The first kappa shape index (κ1) is 15.0. The Bertz CT molecular complexity index is 492. The van der Waals surface area contributed by atoms with Crippen molar-refractivity contribution < 1.29 is 14.3 Å². The third-order valence-corrected chi connectivity index (χ3v) is 4.57. The molecule has 0 amide bonds. The van der Waals surface area contributed by atoms with Crippen LogP contribution in [0, 0.1) is 0 Å². The van der Waals surface area contributed by atoms with Crippen LogP contribution < -0.4 is 0 Å². The van der Waals surface area contributed by atoms with Crippen molar-refractivity contribution in [3.63, 3.8) is 0 Å². The molecule has 1 saturated heterocycles. The Hall–Kier alpha value is -0.940. The first-order valence-electron chi connectivity index (χ1n) is 7.67. The lowest BCUT2D eigenvalue weighted by Crippen LogP contribution is -2.49. The van der Waals surface area contributed by atoms with Crippen LogP contribution in [0.2, 0.25) is 0 Å². The zero-order valence-corrected chi connectivity index (χ0v) is 13.6. The Balaban J connectivity index is 1.89. The van der Waals surface area contributed by atoms with E-state index >= 15 is 0 Å². The second kappa shape index (κ2) is 5.06. The highest BCUT2D eigenvalue weighted by molar-refractivity contribution is 5.42. The zero-order valence-electron chi connectivity index (χ0n) is 13.6. The zero-order chi connectivity index (χ0) is 15.3. The number of ether oxygens (including phenoxy) is 2. The van der Waals surface area contributed by atoms with E-state index in [1.165, 1.54) is 11.1 Å². The third-order valence-electron chi connectivity index (χ3n) is 4.57. The van der Waals surface area contributed by atoms with Crippen molar-refractivity contribution in [2.75, 3.05) is 6.61 Å². The third kappa shape index (κ3) is 2.40. The molecular weight excluding hydrogens is 266 g/mol. The summed E-state index contributed by atoms with van der Waals surface area (Å²) in [5.74, 6) is 0. The average molecular weight is 291 g/mol. The van der Waals surface area contributed by atoms with Crippen molar-refractivity contribution in [2.24, 2.45) is 0 Å². The van der Waals surface area contributed by atoms with Gasteiger partial charge in [0.05, 0.1) is 23.8 Å². The van der Waals surface area contributed by atoms with Gasteiger partial charge in [-0.1, -0.05) is 24.3 Å². The molecule has 116 valence electrons. The lowest BCUT2D eigenvalue weighted by Gasteiger charge is -2.42. The number of fused-ring (bicyclic) bond motifs is 1. The lowest BCUT2D eigenvalue weighted by molar-refractivity contribution is -0.430. The van der Waals surface area contributed by atoms with Gasteiger partial charge in [0.1, 0.15) is 0 Å². The quantitative estimate of drug-likeness (QED) is 0.834. The van der Waals surface area contributed by atoms with E-state index in [2.05, 4.69) is 52.0 Å². The molecule has 0 aromatic heterocycles. The molecule has 2 aliphatic rings. The first-order chi connectivity index (χ1) is 9.83. The molecule has 0 aliphatic carbocycles. The molecule has 4 nitrogen and oxygen atoms in total. The summed E-state index contributed by atoms with van der Waals surface area (Å²) in [7, 11) is 0. The predicted molar refractivity (Wildman–Crippen MR) is 80.3 cm³/mol. The molecule has 0 N–H and O–H groups in total. The standard InChI is InChI=1S/C17H25NO3/c1-12-10-11-19-15(20-12)21-18-16(2,3)13-8-6-7-9-14(13)17(18,4)5/h6-9,12,15H,10-11H2,1-5H3. The summed E-state index contributed by atoms with van der Waals surface area (Å²) in [5.41, 5.74) is 2.12. The Labute approximate surface area is 126 Å². The van der Waals surface area contributed by atoms with Gasteiger partial charge in [-0.2, -0.15) is 5.06 Å². The highest BCUT2D eigenvalue weighted by atomic mass is 16.9. The maximum absolute atomic E-state index is 6.12. The van der Waals surface area contributed by atoms with E-state index in [9.17, 15) is 0 Å². The van der Waals surface area contributed by atoms with E-state index in [1.54, 1.807) is 0 Å². The van der Waals surface area contributed by atoms with Crippen molar-refractivity contribution in [3.8, 4) is 0 Å². The second-order valence-electron chi connectivity index (χ2n) is 6.96. The molecule has 0 saturated carbocycles. The summed E-state index contributed by atoms with van der Waals surface area (Å²) in [4.78, 5) is 6.12. The molecule has 21 heavy (non-hydrogen) atoms. The Kier molecular flexibility index (Phi) is 3.61. The van der Waals surface area contributed by atoms with Crippen LogP contribution in [0.3, 0.4) is 0 Å². The second-order valence-corrected chi connectivity index (χ2v) is 6.96. The fourth-order valence-electron chi connectivity index (χ4n) is 3.50. The van der Waals surface area contributed by atoms with Crippen LogP contribution >= 0.6 is 0 Å². The van der Waals surface area contributed by atoms with Crippen LogP contribution in [-0.4, -0.2) is 24.3 Å². The molecule has 2 heterocycles. The van der Waals surface area contributed by atoms with E-state index in [0.717, 1.165) is 6.42 Å². The number of hydrogen-bond donors (Lipinski definition) is 0. The van der Waals surface area contributed by atoms with Gasteiger partial charge < -0.3 is 9.47 Å². The smallest absolute Gasteiger partial charge is 0.288 e. The topological polar surface area (TPSA) is 30.9 Å². The fraction of sp³-hybridized carbons (Fsp3) is 0.647. The SMILES string of the molecule is CC1CCOC(ON2C(C)(C)c3ccccc3C2(C)C)O1. The number of benzene rings is 1. The van der Waals surface area contributed by atoms with Gasteiger partial charge in [0.15, 0.2) is 0 Å². The molecule has 3 rings (SSSR count). The van der Waals surface area contributed by atoms with Crippen molar-refractivity contribution in [1.82, 2.24) is 5.06 Å². The number of rotatable bonds is 2. The fourth-order valence-corrected chi connectivity index (χ4v) is 3.50. The van der Waals surface area contributed by atoms with Gasteiger partial charge in [-0.3, -0.25) is 0 Å². The van der Waals surface area contributed by atoms with Gasteiger partial charge in [-0.25, -0.2) is 4.84 Å². The van der Waals surface area contributed by atoms with Crippen molar-refractivity contribution in [3.05, 3.63) is 35.4 Å². The largest absolute Gasteiger partial charge is 0.329 e. The van der Waals surface area contributed by atoms with E-state index in [-0.39, 0.29) is 17.2 Å². The van der Waals surface area contributed by atoms with Gasteiger partial charge in [-0.05, 0) is 52.2 Å². The minimum absolute atomic E-state index is 0.167. The summed E-state index contributed by atoms with van der Waals surface area (Å²) in [6.07, 6.45) is 1.08. The molecule has 1 aromatic rings. The van der Waals surface area contributed by atoms with Crippen LogP contribution in [-0.2, 0) is 25.4 Å². The monoisotopic (exact) mass is 291 g/mol. The molecule has 1 fully saturated rings. The van der Waals surface area contributed by atoms with Crippen LogP contribution in [0.4, 0.5) is 0 Å². The van der Waals surface area contributed by atoms with Crippen LogP contribution in [0.1, 0.15) is 52.2 Å². The summed E-state index contributed by atoms with van der Waals surface area (Å²) >= 11 is 0. The summed E-state index contributed by atoms with van der Waals surface area (Å²) in [5, 5.41) is 2.02. The number of nitrogens with zero attached hydrogens (tertiary/aromatic N) is 1. The van der Waals surface area contributed by atoms with E-state index in [4.69, 9.17) is 14.3 Å². The molecule has 0 bridgehead atoms. The summed E-state index contributed by atoms with van der Waals surface area (Å²) in [6.45, 7) is 10.8. The highest BCUT2D eigenvalue weighted by Crippen LogP contribution is 2.49. The van der Waals surface area contributed by atoms with Crippen LogP contribution in [0.25, 0.3) is 0 Å². The minimum atomic E-state index is -0.624. The van der Waals surface area contributed by atoms with E-state index < -0.39 is 6.48 Å². The molecule has 1 aromatic carbocycles. The van der Waals surface area contributed by atoms with Gasteiger partial charge in [-0.15, -0.1) is 0 Å². The molecule has 4 heteroatoms. The maximum Gasteiger partial charge on any atom is 0.288 e. The van der Waals surface area contributed by atoms with Crippen molar-refractivity contribution in [2.45, 2.75) is 64.7 Å². The number of hydroxylamine groups is 2. The Morgan fingerprint density at radius 1 is 1.10 bits per heavy atom. The van der Waals surface area contributed by atoms with Crippen LogP contribution in [0.5, 0.6) is 0 Å². The first-order valence-corrected chi connectivity index (χ1v) is 7.67. The lowest BCUT2D eigenvalue weighted by atomic mass is 9.91. The van der Waals surface area contributed by atoms with Gasteiger partial charge in [0, 0.05) is 0 Å². The molecule has 0 spiro atoms. The summed E-state index contributed by atoms with van der Waals surface area (Å²) in [6, 6.07) is 8.50. The van der Waals surface area contributed by atoms with Crippen LogP contribution in [0.15, 0.2) is 24.3 Å². The van der Waals surface area contributed by atoms with Crippen molar-refractivity contribution >= 4 is 0 Å². The van der Waals surface area contributed by atoms with Gasteiger partial charge in [0.2, 0.25) is 0 Å². The highest BCUT2D eigenvalue weighted by Gasteiger charge is 2.51. The number of hydrogen-bond acceptors (Lipinski definition) is 4.